The van der Waals surface area contributed by atoms with E-state index in [9.17, 15) is 39.6 Å². The Morgan fingerprint density at radius 3 is 2.17 bits per heavy atom. The normalized spacial score (nSPS) is 12.3. The maximum atomic E-state index is 13.2. The van der Waals surface area contributed by atoms with Crippen LogP contribution >= 0.6 is 0 Å². The number of carbonyl (C=O) groups is 1. The first kappa shape index (κ1) is 26.0. The van der Waals surface area contributed by atoms with Crippen LogP contribution in [0.1, 0.15) is 5.56 Å². The van der Waals surface area contributed by atoms with Crippen LogP contribution in [0.4, 0.5) is 42.5 Å². The first-order chi connectivity index (χ1) is 16.3. The van der Waals surface area contributed by atoms with E-state index < -0.39 is 51.1 Å². The third kappa shape index (κ3) is 6.93. The van der Waals surface area contributed by atoms with Crippen LogP contribution in [0.15, 0.2) is 71.9 Å². The minimum atomic E-state index is -4.82. The van der Waals surface area contributed by atoms with E-state index in [0.29, 0.717) is 11.8 Å². The average Bonchev–Trinajstić information content (AvgIpc) is 2.77. The summed E-state index contributed by atoms with van der Waals surface area (Å²) >= 11 is 0. The van der Waals surface area contributed by atoms with Gasteiger partial charge in [0.05, 0.1) is 21.8 Å². The molecule has 186 valence electrons. The zero-order valence-corrected chi connectivity index (χ0v) is 18.2. The molecule has 2 amide bonds. The van der Waals surface area contributed by atoms with Gasteiger partial charge in [-0.1, -0.05) is 36.4 Å². The number of anilines is 2. The fourth-order valence-electron chi connectivity index (χ4n) is 2.93. The lowest BCUT2D eigenvalue weighted by Crippen LogP contribution is -2.33. The Kier molecular flexibility index (Phi) is 7.36. The van der Waals surface area contributed by atoms with Crippen molar-refractivity contribution < 1.29 is 39.6 Å². The van der Waals surface area contributed by atoms with Crippen molar-refractivity contribution in [3.8, 4) is 11.1 Å². The Morgan fingerprint density at radius 2 is 1.54 bits per heavy atom. The van der Waals surface area contributed by atoms with Gasteiger partial charge >= 0.3 is 18.4 Å². The molecule has 0 aliphatic carbocycles. The van der Waals surface area contributed by atoms with Crippen molar-refractivity contribution in [3.05, 3.63) is 72.6 Å². The highest BCUT2D eigenvalue weighted by Gasteiger charge is 2.34. The largest absolute Gasteiger partial charge is 0.419 e. The highest BCUT2D eigenvalue weighted by Crippen LogP contribution is 2.35. The molecule has 0 saturated heterocycles. The highest BCUT2D eigenvalue weighted by atomic mass is 32.2. The van der Waals surface area contributed by atoms with Crippen molar-refractivity contribution in [3.63, 3.8) is 0 Å². The molecule has 7 nitrogen and oxygen atoms in total. The second-order valence-electron chi connectivity index (χ2n) is 7.01. The number of aromatic nitrogens is 1. The standard InChI is InChI=1S/C21H16F6N4O3S/c22-20(23,24)12-29-35(33,34)14-6-7-15(13-4-2-1-3-5-13)18(10-14)31-19(32)30-17-8-9-28-11-16(17)21(25,26)27/h1-11,29H,12H2,(H2,28,30,31,32). The molecule has 0 aliphatic rings. The van der Waals surface area contributed by atoms with Crippen LogP contribution in [0.5, 0.6) is 0 Å². The van der Waals surface area contributed by atoms with Gasteiger partial charge in [-0.15, -0.1) is 0 Å². The summed E-state index contributed by atoms with van der Waals surface area (Å²) in [5, 5.41) is 4.29. The number of halogens is 6. The van der Waals surface area contributed by atoms with Gasteiger partial charge in [-0.2, -0.15) is 26.3 Å². The molecule has 0 fully saturated rings. The van der Waals surface area contributed by atoms with Gasteiger partial charge in [-0.25, -0.2) is 17.9 Å². The van der Waals surface area contributed by atoms with Gasteiger partial charge < -0.3 is 10.6 Å². The van der Waals surface area contributed by atoms with Crippen LogP contribution < -0.4 is 15.4 Å². The summed E-state index contributed by atoms with van der Waals surface area (Å²) in [6.45, 7) is -1.82. The number of urea groups is 1. The molecular formula is C21H16F6N4O3S. The number of benzene rings is 2. The molecule has 35 heavy (non-hydrogen) atoms. The van der Waals surface area contributed by atoms with Gasteiger partial charge in [-0.05, 0) is 23.8 Å². The maximum Gasteiger partial charge on any atom is 0.419 e. The van der Waals surface area contributed by atoms with E-state index >= 15 is 0 Å². The van der Waals surface area contributed by atoms with E-state index in [2.05, 4.69) is 10.3 Å². The van der Waals surface area contributed by atoms with Crippen molar-refractivity contribution in [2.75, 3.05) is 17.2 Å². The van der Waals surface area contributed by atoms with Crippen molar-refractivity contribution in [2.45, 2.75) is 17.2 Å². The third-order valence-electron chi connectivity index (χ3n) is 4.47. The third-order valence-corrected chi connectivity index (χ3v) is 5.87. The van der Waals surface area contributed by atoms with Gasteiger partial charge in [-0.3, -0.25) is 4.98 Å². The minimum absolute atomic E-state index is 0.175. The lowest BCUT2D eigenvalue weighted by molar-refractivity contribution is -0.137. The monoisotopic (exact) mass is 518 g/mol. The zero-order valence-electron chi connectivity index (χ0n) is 17.4. The average molecular weight is 518 g/mol. The first-order valence-corrected chi connectivity index (χ1v) is 11.1. The number of alkyl halides is 6. The summed E-state index contributed by atoms with van der Waals surface area (Å²) in [6.07, 6.45) is -8.08. The number of hydrogen-bond donors (Lipinski definition) is 3. The van der Waals surface area contributed by atoms with Crippen LogP contribution in [0, 0.1) is 0 Å². The molecule has 0 atom stereocenters. The summed E-state index contributed by atoms with van der Waals surface area (Å²) in [6, 6.07) is 11.1. The van der Waals surface area contributed by atoms with E-state index in [0.717, 1.165) is 24.4 Å². The minimum Gasteiger partial charge on any atom is -0.307 e. The maximum absolute atomic E-state index is 13.2. The Hall–Kier alpha value is -3.65. The molecule has 0 aliphatic heterocycles. The number of amides is 2. The van der Waals surface area contributed by atoms with E-state index in [-0.39, 0.29) is 11.3 Å². The van der Waals surface area contributed by atoms with Crippen LogP contribution in [0.25, 0.3) is 11.1 Å². The fraction of sp³-hybridized carbons (Fsp3) is 0.143. The van der Waals surface area contributed by atoms with E-state index in [1.165, 1.54) is 10.8 Å². The molecule has 0 radical (unpaired) electrons. The van der Waals surface area contributed by atoms with E-state index in [1.54, 1.807) is 30.3 Å². The molecular weight excluding hydrogens is 502 g/mol. The lowest BCUT2D eigenvalue weighted by atomic mass is 10.0. The van der Waals surface area contributed by atoms with Gasteiger partial charge in [0.2, 0.25) is 10.0 Å². The smallest absolute Gasteiger partial charge is 0.307 e. The SMILES string of the molecule is O=C(Nc1cc(S(=O)(=O)NCC(F)(F)F)ccc1-c1ccccc1)Nc1ccncc1C(F)(F)F. The molecule has 1 heterocycles. The predicted octanol–water partition coefficient (Wildman–Crippen LogP) is 5.25. The van der Waals surface area contributed by atoms with Crippen LogP contribution in [-0.2, 0) is 16.2 Å². The number of hydrogen-bond acceptors (Lipinski definition) is 4. The molecule has 0 spiro atoms. The number of rotatable bonds is 6. The second kappa shape index (κ2) is 9.92. The van der Waals surface area contributed by atoms with Crippen molar-refractivity contribution in [2.24, 2.45) is 0 Å². The molecule has 3 rings (SSSR count). The van der Waals surface area contributed by atoms with Crippen molar-refractivity contribution in [1.29, 1.82) is 0 Å². The Bertz CT molecular complexity index is 1310. The summed E-state index contributed by atoms with van der Waals surface area (Å²) < 4.78 is 103. The topological polar surface area (TPSA) is 100 Å². The Balaban J connectivity index is 1.96. The highest BCUT2D eigenvalue weighted by molar-refractivity contribution is 7.89. The van der Waals surface area contributed by atoms with Gasteiger partial charge in [0.25, 0.3) is 0 Å². The molecule has 0 unspecified atom stereocenters. The molecule has 1 aromatic heterocycles. The zero-order chi connectivity index (χ0) is 25.9. The molecule has 0 saturated carbocycles. The second-order valence-corrected chi connectivity index (χ2v) is 8.78. The first-order valence-electron chi connectivity index (χ1n) is 9.61. The van der Waals surface area contributed by atoms with Gasteiger partial charge in [0.15, 0.2) is 0 Å². The Morgan fingerprint density at radius 1 is 0.886 bits per heavy atom. The number of carbonyl (C=O) groups excluding carboxylic acids is 1. The van der Waals surface area contributed by atoms with E-state index in [1.807, 2.05) is 5.32 Å². The van der Waals surface area contributed by atoms with Crippen LogP contribution in [-0.4, -0.2) is 32.2 Å². The number of nitrogens with zero attached hydrogens (tertiary/aromatic N) is 1. The molecule has 0 bridgehead atoms. The lowest BCUT2D eigenvalue weighted by Gasteiger charge is -2.16. The molecule has 14 heteroatoms. The molecule has 2 aromatic carbocycles. The van der Waals surface area contributed by atoms with Crippen molar-refractivity contribution >= 4 is 27.4 Å². The summed E-state index contributed by atoms with van der Waals surface area (Å²) in [5.41, 5.74) is -1.24. The number of sulfonamides is 1. The van der Waals surface area contributed by atoms with Crippen LogP contribution in [0.3, 0.4) is 0 Å². The molecule has 3 aromatic rings. The van der Waals surface area contributed by atoms with Gasteiger partial charge in [0.1, 0.15) is 6.54 Å². The summed E-state index contributed by atoms with van der Waals surface area (Å²) in [7, 11) is -4.63. The fourth-order valence-corrected chi connectivity index (χ4v) is 3.97. The summed E-state index contributed by atoms with van der Waals surface area (Å²) in [5.74, 6) is 0. The van der Waals surface area contributed by atoms with Gasteiger partial charge in [0, 0.05) is 18.0 Å². The number of pyridine rings is 1. The van der Waals surface area contributed by atoms with E-state index in [4.69, 9.17) is 0 Å². The van der Waals surface area contributed by atoms with Crippen LogP contribution in [0.2, 0.25) is 0 Å². The number of nitrogens with one attached hydrogen (secondary N) is 3. The predicted molar refractivity (Wildman–Crippen MR) is 115 cm³/mol. The van der Waals surface area contributed by atoms with Crippen molar-refractivity contribution in [1.82, 2.24) is 9.71 Å². The Labute approximate surface area is 195 Å². The molecule has 3 N–H and O–H groups in total. The quantitative estimate of drug-likeness (QED) is 0.388. The summed E-state index contributed by atoms with van der Waals surface area (Å²) in [4.78, 5) is 15.3.